The third-order valence-electron chi connectivity index (χ3n) is 9.10. The summed E-state index contributed by atoms with van der Waals surface area (Å²) in [5.41, 5.74) is 2.38. The number of anilines is 4. The molecule has 0 amide bonds. The van der Waals surface area contributed by atoms with E-state index in [2.05, 4.69) is 80.8 Å². The van der Waals surface area contributed by atoms with Gasteiger partial charge in [-0.3, -0.25) is 0 Å². The van der Waals surface area contributed by atoms with E-state index in [4.69, 9.17) is 38.5 Å². The van der Waals surface area contributed by atoms with Crippen molar-refractivity contribution in [3.8, 4) is 0 Å². The zero-order chi connectivity index (χ0) is 29.6. The van der Waals surface area contributed by atoms with E-state index in [-0.39, 0.29) is 5.41 Å². The number of piperazine rings is 1. The van der Waals surface area contributed by atoms with E-state index < -0.39 is 0 Å². The van der Waals surface area contributed by atoms with E-state index in [0.29, 0.717) is 36.7 Å². The summed E-state index contributed by atoms with van der Waals surface area (Å²) in [6, 6.07) is 21.0. The van der Waals surface area contributed by atoms with E-state index in [0.717, 1.165) is 68.8 Å². The Labute approximate surface area is 265 Å². The number of nitrogens with one attached hydrogen (secondary N) is 2. The minimum Gasteiger partial charge on any atom is -0.381 e. The number of hydrogen-bond donors (Lipinski definition) is 2. The predicted octanol–water partition coefficient (Wildman–Crippen LogP) is 5.73. The van der Waals surface area contributed by atoms with Crippen molar-refractivity contribution in [2.45, 2.75) is 38.0 Å². The SMILES string of the molecule is C[C@@H]1CCCN(c2cc(N3CCN(c4ccccc4)CC3)nc(NC(=S)NCC3(c4cccc(Cl)c4)CCOCC3)n2)C1. The van der Waals surface area contributed by atoms with Crippen molar-refractivity contribution in [2.24, 2.45) is 5.92 Å². The molecule has 1 aromatic heterocycles. The molecule has 228 valence electrons. The van der Waals surface area contributed by atoms with Gasteiger partial charge in [0.05, 0.1) is 0 Å². The summed E-state index contributed by atoms with van der Waals surface area (Å²) in [4.78, 5) is 17.2. The number of ether oxygens (including phenoxy) is 1. The number of aromatic nitrogens is 2. The van der Waals surface area contributed by atoms with Crippen LogP contribution >= 0.6 is 23.8 Å². The zero-order valence-corrected chi connectivity index (χ0v) is 26.5. The fourth-order valence-corrected chi connectivity index (χ4v) is 6.93. The summed E-state index contributed by atoms with van der Waals surface area (Å²) in [6.45, 7) is 10.1. The minimum atomic E-state index is -0.106. The lowest BCUT2D eigenvalue weighted by molar-refractivity contribution is 0.0515. The van der Waals surface area contributed by atoms with Gasteiger partial charge in [-0.05, 0) is 73.6 Å². The second-order valence-electron chi connectivity index (χ2n) is 12.1. The van der Waals surface area contributed by atoms with Gasteiger partial charge in [0.1, 0.15) is 11.6 Å². The van der Waals surface area contributed by atoms with Crippen molar-refractivity contribution >= 4 is 52.2 Å². The maximum absolute atomic E-state index is 6.38. The number of rotatable bonds is 7. The Hall–Kier alpha value is -3.14. The van der Waals surface area contributed by atoms with Gasteiger partial charge in [0.25, 0.3) is 0 Å². The molecule has 2 aromatic carbocycles. The number of benzene rings is 2. The molecule has 0 unspecified atom stereocenters. The summed E-state index contributed by atoms with van der Waals surface area (Å²) >= 11 is 12.2. The van der Waals surface area contributed by atoms with Crippen LogP contribution in [0.1, 0.15) is 38.2 Å². The summed E-state index contributed by atoms with van der Waals surface area (Å²) in [5.74, 6) is 3.09. The van der Waals surface area contributed by atoms with E-state index >= 15 is 0 Å². The number of halogens is 1. The van der Waals surface area contributed by atoms with Gasteiger partial charge in [-0.2, -0.15) is 9.97 Å². The molecule has 6 rings (SSSR count). The molecule has 0 bridgehead atoms. The van der Waals surface area contributed by atoms with E-state index in [9.17, 15) is 0 Å². The monoisotopic (exact) mass is 619 g/mol. The second kappa shape index (κ2) is 13.7. The number of nitrogens with zero attached hydrogens (tertiary/aromatic N) is 5. The van der Waals surface area contributed by atoms with Crippen molar-refractivity contribution in [2.75, 3.05) is 79.0 Å². The fraction of sp³-hybridized carbons (Fsp3) is 0.485. The van der Waals surface area contributed by atoms with Crippen LogP contribution < -0.4 is 25.3 Å². The number of piperidine rings is 1. The first-order valence-corrected chi connectivity index (χ1v) is 16.3. The maximum atomic E-state index is 6.38. The summed E-state index contributed by atoms with van der Waals surface area (Å²) < 4.78 is 5.72. The molecule has 3 fully saturated rings. The summed E-state index contributed by atoms with van der Waals surface area (Å²) in [5, 5.41) is 8.11. The first kappa shape index (κ1) is 29.9. The largest absolute Gasteiger partial charge is 0.381 e. The molecule has 2 N–H and O–H groups in total. The Balaban J connectivity index is 1.18. The van der Waals surface area contributed by atoms with Crippen LogP contribution in [0.5, 0.6) is 0 Å². The Morgan fingerprint density at radius 3 is 2.37 bits per heavy atom. The highest BCUT2D eigenvalue weighted by Gasteiger charge is 2.35. The van der Waals surface area contributed by atoms with Gasteiger partial charge < -0.3 is 30.1 Å². The predicted molar refractivity (Wildman–Crippen MR) is 181 cm³/mol. The molecule has 4 heterocycles. The van der Waals surface area contributed by atoms with Crippen LogP contribution in [0.3, 0.4) is 0 Å². The van der Waals surface area contributed by atoms with Crippen molar-refractivity contribution in [1.29, 1.82) is 0 Å². The van der Waals surface area contributed by atoms with Crippen LogP contribution in [-0.2, 0) is 10.2 Å². The van der Waals surface area contributed by atoms with Crippen molar-refractivity contribution in [3.05, 3.63) is 71.2 Å². The fourth-order valence-electron chi connectivity index (χ4n) is 6.58. The van der Waals surface area contributed by atoms with Crippen molar-refractivity contribution < 1.29 is 4.74 Å². The van der Waals surface area contributed by atoms with Gasteiger partial charge in [0.2, 0.25) is 5.95 Å². The van der Waals surface area contributed by atoms with Crippen molar-refractivity contribution in [3.63, 3.8) is 0 Å². The third-order valence-corrected chi connectivity index (χ3v) is 9.59. The van der Waals surface area contributed by atoms with E-state index in [1.165, 1.54) is 24.1 Å². The van der Waals surface area contributed by atoms with E-state index in [1.807, 2.05) is 12.1 Å². The molecule has 0 saturated carbocycles. The molecule has 0 radical (unpaired) electrons. The lowest BCUT2D eigenvalue weighted by atomic mass is 9.74. The third kappa shape index (κ3) is 7.33. The molecule has 3 aromatic rings. The molecular formula is C33H42ClN7OS. The normalized spacial score (nSPS) is 20.5. The second-order valence-corrected chi connectivity index (χ2v) is 13.0. The Bertz CT molecular complexity index is 1380. The minimum absolute atomic E-state index is 0.106. The topological polar surface area (TPSA) is 68.8 Å². The lowest BCUT2D eigenvalue weighted by Gasteiger charge is -2.38. The Morgan fingerprint density at radius 2 is 1.65 bits per heavy atom. The molecule has 3 aliphatic rings. The average Bonchev–Trinajstić information content (AvgIpc) is 3.05. The van der Waals surface area contributed by atoms with Crippen LogP contribution in [-0.4, -0.2) is 74.1 Å². The van der Waals surface area contributed by atoms with Gasteiger partial charge in [-0.25, -0.2) is 0 Å². The van der Waals surface area contributed by atoms with Crippen LogP contribution in [0, 0.1) is 5.92 Å². The molecular weight excluding hydrogens is 578 g/mol. The van der Waals surface area contributed by atoms with Gasteiger partial charge in [-0.1, -0.05) is 48.9 Å². The first-order valence-electron chi connectivity index (χ1n) is 15.6. The van der Waals surface area contributed by atoms with Crippen molar-refractivity contribution in [1.82, 2.24) is 15.3 Å². The average molecular weight is 620 g/mol. The highest BCUT2D eigenvalue weighted by Crippen LogP contribution is 2.35. The highest BCUT2D eigenvalue weighted by molar-refractivity contribution is 7.80. The molecule has 43 heavy (non-hydrogen) atoms. The quantitative estimate of drug-likeness (QED) is 0.323. The smallest absolute Gasteiger partial charge is 0.232 e. The number of thiocarbonyl (C=S) groups is 1. The van der Waals surface area contributed by atoms with Crippen LogP contribution in [0.4, 0.5) is 23.3 Å². The van der Waals surface area contributed by atoms with Gasteiger partial charge in [0.15, 0.2) is 5.11 Å². The molecule has 0 aliphatic carbocycles. The summed E-state index contributed by atoms with van der Waals surface area (Å²) in [6.07, 6.45) is 4.24. The summed E-state index contributed by atoms with van der Waals surface area (Å²) in [7, 11) is 0. The first-order chi connectivity index (χ1) is 21.0. The molecule has 0 spiro atoms. The molecule has 8 nitrogen and oxygen atoms in total. The van der Waals surface area contributed by atoms with Gasteiger partial charge in [0, 0.05) is 81.2 Å². The molecule has 3 aliphatic heterocycles. The number of hydrogen-bond acceptors (Lipinski definition) is 7. The van der Waals surface area contributed by atoms with Crippen LogP contribution in [0.2, 0.25) is 5.02 Å². The van der Waals surface area contributed by atoms with E-state index in [1.54, 1.807) is 0 Å². The van der Waals surface area contributed by atoms with Crippen LogP contribution in [0.15, 0.2) is 60.7 Å². The standard InChI is InChI=1S/C33H42ClN7OS/c1-25-7-6-14-41(23-25)30-22-29(40-17-15-39(16-18-40)28-10-3-2-4-11-28)36-31(37-30)38-32(43)35-24-33(12-19-42-20-13-33)26-8-5-9-27(34)21-26/h2-5,8-11,21-22,25H,6-7,12-20,23-24H2,1H3,(H2,35,36,37,38,43)/t25-/m1/s1. The Kier molecular flexibility index (Phi) is 9.50. The molecule has 3 saturated heterocycles. The maximum Gasteiger partial charge on any atom is 0.232 e. The Morgan fingerprint density at radius 1 is 0.930 bits per heavy atom. The molecule has 1 atom stereocenters. The highest BCUT2D eigenvalue weighted by atomic mass is 35.5. The number of para-hydroxylation sites is 1. The van der Waals surface area contributed by atoms with Crippen LogP contribution in [0.25, 0.3) is 0 Å². The lowest BCUT2D eigenvalue weighted by Crippen LogP contribution is -2.47. The zero-order valence-electron chi connectivity index (χ0n) is 25.0. The molecule has 10 heteroatoms. The van der Waals surface area contributed by atoms with Gasteiger partial charge >= 0.3 is 0 Å². The van der Waals surface area contributed by atoms with Gasteiger partial charge in [-0.15, -0.1) is 0 Å².